The van der Waals surface area contributed by atoms with Crippen molar-refractivity contribution in [2.45, 2.75) is 6.18 Å². The number of nitrogens with zero attached hydrogens (tertiary/aromatic N) is 1. The van der Waals surface area contributed by atoms with Gasteiger partial charge in [0.15, 0.2) is 11.6 Å². The minimum Gasteiger partial charge on any atom is -0.504 e. The highest BCUT2D eigenvalue weighted by Crippen LogP contribution is 2.30. The minimum atomic E-state index is -4.59. The van der Waals surface area contributed by atoms with Crippen LogP contribution in [0.25, 0.3) is 6.08 Å². The summed E-state index contributed by atoms with van der Waals surface area (Å²) in [6, 6.07) is 7.15. The number of hydrogen-bond acceptors (Lipinski definition) is 3. The highest BCUT2D eigenvalue weighted by atomic mass is 19.4. The van der Waals surface area contributed by atoms with Gasteiger partial charge in [0.05, 0.1) is 13.4 Å². The van der Waals surface area contributed by atoms with Gasteiger partial charge in [-0.3, -0.25) is 0 Å². The number of ether oxygens (including phenoxy) is 2. The summed E-state index contributed by atoms with van der Waals surface area (Å²) in [5.41, 5.74) is -0.589. The lowest BCUT2D eigenvalue weighted by Gasteiger charge is -2.09. The summed E-state index contributed by atoms with van der Waals surface area (Å²) in [6.07, 6.45) is -1.70. The summed E-state index contributed by atoms with van der Waals surface area (Å²) in [6.45, 7) is 0. The Balaban J connectivity index is 2.22. The Morgan fingerprint density at radius 3 is 2.55 bits per heavy atom. The van der Waals surface area contributed by atoms with Gasteiger partial charge in [0.25, 0.3) is 0 Å². The zero-order chi connectivity index (χ0) is 16.2. The number of halogens is 4. The molecule has 0 aliphatic carbocycles. The minimum absolute atomic E-state index is 0.221. The number of benzene rings is 1. The summed E-state index contributed by atoms with van der Waals surface area (Å²) in [5.74, 6) is -1.28. The van der Waals surface area contributed by atoms with Crippen LogP contribution in [-0.2, 0) is 10.9 Å². The smallest absolute Gasteiger partial charge is 0.433 e. The molecule has 1 aromatic carbocycles. The first-order chi connectivity index (χ1) is 10.4. The normalized spacial score (nSPS) is 11.7. The molecule has 0 N–H and O–H groups in total. The molecule has 0 bridgehead atoms. The molecule has 2 rings (SSSR count). The van der Waals surface area contributed by atoms with E-state index in [9.17, 15) is 17.6 Å². The molecule has 0 atom stereocenters. The van der Waals surface area contributed by atoms with Crippen LogP contribution in [0.3, 0.4) is 0 Å². The van der Waals surface area contributed by atoms with E-state index in [0.717, 1.165) is 12.1 Å². The molecule has 1 heterocycles. The molecule has 7 heteroatoms. The molecule has 0 radical (unpaired) electrons. The lowest BCUT2D eigenvalue weighted by molar-refractivity contribution is -0.141. The maximum absolute atomic E-state index is 13.8. The lowest BCUT2D eigenvalue weighted by Crippen LogP contribution is -2.08. The Morgan fingerprint density at radius 1 is 1.14 bits per heavy atom. The number of aromatic nitrogens is 1. The summed E-state index contributed by atoms with van der Waals surface area (Å²) < 4.78 is 61.3. The van der Waals surface area contributed by atoms with Gasteiger partial charge >= 0.3 is 6.18 Å². The van der Waals surface area contributed by atoms with Crippen LogP contribution in [0.1, 0.15) is 11.3 Å². The summed E-state index contributed by atoms with van der Waals surface area (Å²) in [4.78, 5) is 3.30. The molecule has 0 saturated heterocycles. The average Bonchev–Trinajstić information content (AvgIpc) is 2.47. The van der Waals surface area contributed by atoms with Crippen LogP contribution in [0.15, 0.2) is 42.7 Å². The number of hydrogen-bond donors (Lipinski definition) is 0. The van der Waals surface area contributed by atoms with Crippen LogP contribution in [0.2, 0.25) is 0 Å². The van der Waals surface area contributed by atoms with E-state index in [1.165, 1.54) is 43.7 Å². The summed E-state index contributed by atoms with van der Waals surface area (Å²) >= 11 is 0. The Bertz CT molecular complexity index is 683. The molecule has 1 aromatic heterocycles. The second-order valence-electron chi connectivity index (χ2n) is 4.19. The molecule has 2 aromatic rings. The second-order valence-corrected chi connectivity index (χ2v) is 4.19. The quantitative estimate of drug-likeness (QED) is 0.608. The first kappa shape index (κ1) is 15.8. The van der Waals surface area contributed by atoms with Gasteiger partial charge < -0.3 is 9.47 Å². The molecule has 0 saturated carbocycles. The molecule has 22 heavy (non-hydrogen) atoms. The third-order valence-electron chi connectivity index (χ3n) is 2.58. The van der Waals surface area contributed by atoms with Gasteiger partial charge in [-0.2, -0.15) is 13.2 Å². The van der Waals surface area contributed by atoms with Crippen molar-refractivity contribution >= 4 is 6.08 Å². The van der Waals surface area contributed by atoms with Crippen molar-refractivity contribution in [1.82, 2.24) is 4.98 Å². The molecule has 0 fully saturated rings. The fourth-order valence-corrected chi connectivity index (χ4v) is 1.59. The Labute approximate surface area is 123 Å². The highest BCUT2D eigenvalue weighted by molar-refractivity contribution is 5.50. The van der Waals surface area contributed by atoms with Crippen molar-refractivity contribution in [2.75, 3.05) is 7.11 Å². The van der Waals surface area contributed by atoms with Gasteiger partial charge in [0.1, 0.15) is 5.69 Å². The molecule has 116 valence electrons. The van der Waals surface area contributed by atoms with E-state index in [1.54, 1.807) is 0 Å². The van der Waals surface area contributed by atoms with Crippen LogP contribution in [0.4, 0.5) is 17.6 Å². The molecule has 0 aliphatic rings. The number of pyridine rings is 1. The van der Waals surface area contributed by atoms with E-state index < -0.39 is 17.7 Å². The number of alkyl halides is 3. The van der Waals surface area contributed by atoms with E-state index in [-0.39, 0.29) is 11.6 Å². The van der Waals surface area contributed by atoms with Gasteiger partial charge in [-0.1, -0.05) is 12.1 Å². The van der Waals surface area contributed by atoms with E-state index in [2.05, 4.69) is 4.98 Å². The van der Waals surface area contributed by atoms with Gasteiger partial charge in [0.2, 0.25) is 5.88 Å². The Hall–Kier alpha value is -2.57. The molecule has 0 aliphatic heterocycles. The van der Waals surface area contributed by atoms with Crippen LogP contribution in [0, 0.1) is 5.82 Å². The zero-order valence-corrected chi connectivity index (χ0v) is 11.4. The molecule has 0 spiro atoms. The third-order valence-corrected chi connectivity index (χ3v) is 2.58. The van der Waals surface area contributed by atoms with E-state index in [4.69, 9.17) is 9.47 Å². The molecule has 0 unspecified atom stereocenters. The van der Waals surface area contributed by atoms with Crippen molar-refractivity contribution < 1.29 is 27.0 Å². The first-order valence-corrected chi connectivity index (χ1v) is 6.11. The number of rotatable bonds is 4. The van der Waals surface area contributed by atoms with Crippen LogP contribution in [-0.4, -0.2) is 12.1 Å². The van der Waals surface area contributed by atoms with E-state index >= 15 is 0 Å². The fourth-order valence-electron chi connectivity index (χ4n) is 1.59. The molecule has 3 nitrogen and oxygen atoms in total. The predicted octanol–water partition coefficient (Wildman–Crippen LogP) is 4.65. The topological polar surface area (TPSA) is 31.4 Å². The molecular weight excluding hydrogens is 302 g/mol. The average molecular weight is 313 g/mol. The van der Waals surface area contributed by atoms with Crippen molar-refractivity contribution in [2.24, 2.45) is 0 Å². The van der Waals surface area contributed by atoms with Crippen molar-refractivity contribution in [1.29, 1.82) is 0 Å². The summed E-state index contributed by atoms with van der Waals surface area (Å²) in [7, 11) is 1.45. The third kappa shape index (κ3) is 3.97. The van der Waals surface area contributed by atoms with E-state index in [1.807, 2.05) is 0 Å². The van der Waals surface area contributed by atoms with Crippen LogP contribution in [0.5, 0.6) is 11.6 Å². The van der Waals surface area contributed by atoms with Gasteiger partial charge in [-0.15, -0.1) is 0 Å². The SMILES string of the molecule is COC=Cc1ccc(Oc2cccc(C(F)(F)F)n2)c(F)c1. The largest absolute Gasteiger partial charge is 0.504 e. The summed E-state index contributed by atoms with van der Waals surface area (Å²) in [5, 5.41) is 0. The van der Waals surface area contributed by atoms with E-state index in [0.29, 0.717) is 5.56 Å². The second kappa shape index (κ2) is 6.46. The van der Waals surface area contributed by atoms with Crippen molar-refractivity contribution in [3.8, 4) is 11.6 Å². The highest BCUT2D eigenvalue weighted by Gasteiger charge is 2.32. The Kier molecular flexibility index (Phi) is 4.65. The molecular formula is C15H11F4NO2. The fraction of sp³-hybridized carbons (Fsp3) is 0.133. The first-order valence-electron chi connectivity index (χ1n) is 6.11. The van der Waals surface area contributed by atoms with Crippen LogP contribution >= 0.6 is 0 Å². The van der Waals surface area contributed by atoms with Gasteiger partial charge in [0, 0.05) is 6.07 Å². The standard InChI is InChI=1S/C15H11F4NO2/c1-21-8-7-10-5-6-12(11(16)9-10)22-14-4-2-3-13(20-14)15(17,18)19/h2-9H,1H3. The maximum Gasteiger partial charge on any atom is 0.433 e. The van der Waals surface area contributed by atoms with Crippen molar-refractivity contribution in [3.05, 3.63) is 59.7 Å². The maximum atomic E-state index is 13.8. The van der Waals surface area contributed by atoms with Crippen LogP contribution < -0.4 is 4.74 Å². The zero-order valence-electron chi connectivity index (χ0n) is 11.4. The lowest BCUT2D eigenvalue weighted by atomic mass is 10.2. The molecule has 0 amide bonds. The monoisotopic (exact) mass is 313 g/mol. The van der Waals surface area contributed by atoms with Gasteiger partial charge in [-0.05, 0) is 29.8 Å². The number of methoxy groups -OCH3 is 1. The Morgan fingerprint density at radius 2 is 1.91 bits per heavy atom. The predicted molar refractivity (Wildman–Crippen MR) is 71.8 cm³/mol. The van der Waals surface area contributed by atoms with Gasteiger partial charge in [-0.25, -0.2) is 9.37 Å². The van der Waals surface area contributed by atoms with Crippen molar-refractivity contribution in [3.63, 3.8) is 0 Å².